The smallest absolute Gasteiger partial charge is 0.500 e. The highest BCUT2D eigenvalue weighted by Crippen LogP contribution is 2.38. The van der Waals surface area contributed by atoms with Gasteiger partial charge in [-0.1, -0.05) is 87.3 Å². The number of aryl methyl sites for hydroxylation is 1. The summed E-state index contributed by atoms with van der Waals surface area (Å²) in [4.78, 5) is 10.1. The fourth-order valence-electron chi connectivity index (χ4n) is 6.32. The Hall–Kier alpha value is -2.17. The predicted octanol–water partition coefficient (Wildman–Crippen LogP) is 9.38. The summed E-state index contributed by atoms with van der Waals surface area (Å²) in [5.74, 6) is 2.60. The molecular weight excluding hydrogens is 649 g/mol. The Balaban J connectivity index is 1.81. The van der Waals surface area contributed by atoms with E-state index in [0.29, 0.717) is 11.5 Å². The Morgan fingerprint density at radius 2 is 1.20 bits per heavy atom. The van der Waals surface area contributed by atoms with Crippen molar-refractivity contribution in [3.8, 4) is 11.5 Å². The Bertz CT molecular complexity index is 1430. The number of phenolic OH excluding ortho intramolecular Hbond substituents is 2. The molecule has 2 atom stereocenters. The Kier molecular flexibility index (Phi) is 14.6. The lowest BCUT2D eigenvalue weighted by Gasteiger charge is -2.28. The summed E-state index contributed by atoms with van der Waals surface area (Å²) in [6, 6.07) is 9.30. The van der Waals surface area contributed by atoms with E-state index in [9.17, 15) is 10.2 Å². The van der Waals surface area contributed by atoms with Crippen LogP contribution in [0.5, 0.6) is 11.5 Å². The van der Waals surface area contributed by atoms with E-state index in [-0.39, 0.29) is 28.3 Å². The average Bonchev–Trinajstić information content (AvgIpc) is 3.03. The number of thioether (sulfide) groups is 1. The second kappa shape index (κ2) is 17.4. The molecule has 9 heteroatoms. The van der Waals surface area contributed by atoms with Crippen LogP contribution >= 0.6 is 11.8 Å². The van der Waals surface area contributed by atoms with Gasteiger partial charge in [-0.25, -0.2) is 0 Å². The first-order chi connectivity index (χ1) is 22.8. The van der Waals surface area contributed by atoms with Crippen molar-refractivity contribution in [3.05, 3.63) is 57.6 Å². The SMILES string of the molecule is CO[Si](CCCSCCc1cc(C=N[C@H]2CCCC[C@@H]2N=Cc2cc(C(C)(C)C)cc(C(C)(C)C)c2O)c(O)c(C(C)(C)C)c1)(OC)OC. The topological polar surface area (TPSA) is 92.9 Å². The minimum atomic E-state index is -2.53. The number of aromatic hydroxyl groups is 2. The normalized spacial score (nSPS) is 18.2. The minimum absolute atomic E-state index is 0.0127. The Labute approximate surface area is 302 Å². The second-order valence-corrected chi connectivity index (χ2v) is 20.8. The maximum absolute atomic E-state index is 11.4. The van der Waals surface area contributed by atoms with Gasteiger partial charge in [0.25, 0.3) is 0 Å². The summed E-state index contributed by atoms with van der Waals surface area (Å²) in [5, 5.41) is 22.7. The molecule has 0 aliphatic heterocycles. The zero-order chi connectivity index (χ0) is 36.6. The molecule has 49 heavy (non-hydrogen) atoms. The molecule has 2 aromatic carbocycles. The maximum atomic E-state index is 11.4. The van der Waals surface area contributed by atoms with Crippen LogP contribution in [0, 0.1) is 0 Å². The molecule has 1 aliphatic rings. The monoisotopic (exact) mass is 712 g/mol. The van der Waals surface area contributed by atoms with E-state index in [1.165, 1.54) is 11.1 Å². The molecule has 0 radical (unpaired) electrons. The summed E-state index contributed by atoms with van der Waals surface area (Å²) < 4.78 is 16.7. The van der Waals surface area contributed by atoms with Gasteiger partial charge >= 0.3 is 8.80 Å². The zero-order valence-corrected chi connectivity index (χ0v) is 34.2. The van der Waals surface area contributed by atoms with E-state index < -0.39 is 8.80 Å². The summed E-state index contributed by atoms with van der Waals surface area (Å²) in [6.45, 7) is 19.4. The van der Waals surface area contributed by atoms with Gasteiger partial charge in [0, 0.05) is 62.1 Å². The van der Waals surface area contributed by atoms with Crippen LogP contribution in [0.25, 0.3) is 0 Å². The van der Waals surface area contributed by atoms with E-state index in [1.807, 2.05) is 24.2 Å². The molecule has 0 heterocycles. The van der Waals surface area contributed by atoms with Crippen LogP contribution in [0.3, 0.4) is 0 Å². The summed E-state index contributed by atoms with van der Waals surface area (Å²) in [7, 11) is 2.45. The molecule has 274 valence electrons. The first-order valence-electron chi connectivity index (χ1n) is 17.9. The summed E-state index contributed by atoms with van der Waals surface area (Å²) in [5.41, 5.74) is 5.34. The maximum Gasteiger partial charge on any atom is 0.500 e. The number of phenols is 2. The third-order valence-corrected chi connectivity index (χ3v) is 13.5. The third-order valence-electron chi connectivity index (χ3n) is 9.56. The van der Waals surface area contributed by atoms with Crippen molar-refractivity contribution in [2.75, 3.05) is 32.8 Å². The van der Waals surface area contributed by atoms with Gasteiger partial charge < -0.3 is 23.5 Å². The lowest BCUT2D eigenvalue weighted by molar-refractivity contribution is 0.123. The van der Waals surface area contributed by atoms with Crippen LogP contribution in [0.4, 0.5) is 0 Å². The van der Waals surface area contributed by atoms with E-state index in [1.54, 1.807) is 21.3 Å². The number of benzene rings is 2. The lowest BCUT2D eigenvalue weighted by atomic mass is 9.79. The molecule has 0 unspecified atom stereocenters. The fourth-order valence-corrected chi connectivity index (χ4v) is 9.24. The lowest BCUT2D eigenvalue weighted by Crippen LogP contribution is -2.42. The molecule has 7 nitrogen and oxygen atoms in total. The Morgan fingerprint density at radius 3 is 1.67 bits per heavy atom. The first-order valence-corrected chi connectivity index (χ1v) is 21.0. The van der Waals surface area contributed by atoms with Crippen molar-refractivity contribution in [2.45, 2.75) is 135 Å². The van der Waals surface area contributed by atoms with Gasteiger partial charge in [-0.05, 0) is 76.7 Å². The van der Waals surface area contributed by atoms with Crippen LogP contribution in [-0.2, 0) is 35.9 Å². The van der Waals surface area contributed by atoms with Crippen molar-refractivity contribution < 1.29 is 23.5 Å². The van der Waals surface area contributed by atoms with Gasteiger partial charge in [-0.3, -0.25) is 9.98 Å². The highest BCUT2D eigenvalue weighted by molar-refractivity contribution is 7.99. The van der Waals surface area contributed by atoms with Crippen LogP contribution in [-0.4, -0.2) is 76.4 Å². The zero-order valence-electron chi connectivity index (χ0n) is 32.4. The van der Waals surface area contributed by atoms with E-state index >= 15 is 0 Å². The molecular formula is C40H64N2O5SSi. The number of nitrogens with zero attached hydrogens (tertiary/aromatic N) is 2. The highest BCUT2D eigenvalue weighted by Gasteiger charge is 2.36. The molecule has 0 spiro atoms. The minimum Gasteiger partial charge on any atom is -0.507 e. The number of aliphatic imine (C=N–C) groups is 2. The summed E-state index contributed by atoms with van der Waals surface area (Å²) in [6.07, 6.45) is 9.72. The van der Waals surface area contributed by atoms with E-state index in [0.717, 1.165) is 78.3 Å². The number of hydrogen-bond donors (Lipinski definition) is 2. The van der Waals surface area contributed by atoms with Gasteiger partial charge in [0.1, 0.15) is 11.5 Å². The van der Waals surface area contributed by atoms with Crippen molar-refractivity contribution in [1.82, 2.24) is 0 Å². The second-order valence-electron chi connectivity index (χ2n) is 16.5. The molecule has 0 saturated heterocycles. The average molecular weight is 713 g/mol. The van der Waals surface area contributed by atoms with Crippen LogP contribution in [0.1, 0.15) is 128 Å². The van der Waals surface area contributed by atoms with Gasteiger partial charge in [0.05, 0.1) is 12.1 Å². The van der Waals surface area contributed by atoms with Crippen LogP contribution < -0.4 is 0 Å². The van der Waals surface area contributed by atoms with Gasteiger partial charge in [0.2, 0.25) is 0 Å². The molecule has 1 fully saturated rings. The molecule has 0 aromatic heterocycles. The number of rotatable bonds is 14. The third kappa shape index (κ3) is 11.4. The molecule has 0 bridgehead atoms. The summed E-state index contributed by atoms with van der Waals surface area (Å²) >= 11 is 1.91. The van der Waals surface area contributed by atoms with Gasteiger partial charge in [0.15, 0.2) is 0 Å². The molecule has 1 aliphatic carbocycles. The van der Waals surface area contributed by atoms with Crippen molar-refractivity contribution >= 4 is 33.0 Å². The van der Waals surface area contributed by atoms with Crippen molar-refractivity contribution in [1.29, 1.82) is 0 Å². The highest BCUT2D eigenvalue weighted by atomic mass is 32.2. The molecule has 1 saturated carbocycles. The first kappa shape index (κ1) is 41.2. The molecule has 2 N–H and O–H groups in total. The van der Waals surface area contributed by atoms with Crippen molar-refractivity contribution in [3.63, 3.8) is 0 Å². The molecule has 2 aromatic rings. The fraction of sp³-hybridized carbons (Fsp3) is 0.650. The van der Waals surface area contributed by atoms with Gasteiger partial charge in [-0.2, -0.15) is 11.8 Å². The Morgan fingerprint density at radius 1 is 0.714 bits per heavy atom. The standard InChI is InChI=1S/C40H64N2O5SSi/c1-38(2,3)31-24-30(37(44)33(25-31)40(7,8)9)27-42-35-17-14-13-16-34(35)41-26-29-22-28(23-32(36(29)43)39(4,5)6)18-20-48-19-15-21-49(45-10,46-11)47-12/h22-27,34-35,43-44H,13-21H2,1-12H3/t34-,35-/m0/s1. The van der Waals surface area contributed by atoms with E-state index in [2.05, 4.69) is 86.6 Å². The molecule has 0 amide bonds. The predicted molar refractivity (Wildman–Crippen MR) is 211 cm³/mol. The van der Waals surface area contributed by atoms with Crippen molar-refractivity contribution in [2.24, 2.45) is 9.98 Å². The van der Waals surface area contributed by atoms with Crippen LogP contribution in [0.2, 0.25) is 6.04 Å². The number of hydrogen-bond acceptors (Lipinski definition) is 8. The quantitative estimate of drug-likeness (QED) is 0.115. The van der Waals surface area contributed by atoms with Crippen LogP contribution in [0.15, 0.2) is 34.3 Å². The molecule has 3 rings (SSSR count). The largest absolute Gasteiger partial charge is 0.507 e. The van der Waals surface area contributed by atoms with E-state index in [4.69, 9.17) is 23.3 Å². The van der Waals surface area contributed by atoms with Gasteiger partial charge in [-0.15, -0.1) is 0 Å².